The van der Waals surface area contributed by atoms with Crippen molar-refractivity contribution in [3.8, 4) is 0 Å². The third-order valence-corrected chi connectivity index (χ3v) is 12.2. The molecule has 5 rings (SSSR count). The Bertz CT molecular complexity index is 1110. The molecule has 13 atom stereocenters. The zero-order valence-corrected chi connectivity index (χ0v) is 24.6. The smallest absolute Gasteiger partial charge is 0.309 e. The molecule has 40 heavy (non-hydrogen) atoms. The predicted octanol–water partition coefficient (Wildman–Crippen LogP) is 2.46. The molecule has 0 aromatic heterocycles. The minimum atomic E-state index is -1.53. The summed E-state index contributed by atoms with van der Waals surface area (Å²) in [6.07, 6.45) is 1.21. The fourth-order valence-corrected chi connectivity index (χ4v) is 9.74. The number of aliphatic hydroxyl groups excluding tert-OH is 2. The molecule has 0 radical (unpaired) electrons. The van der Waals surface area contributed by atoms with E-state index in [0.717, 1.165) is 0 Å². The van der Waals surface area contributed by atoms with Gasteiger partial charge < -0.3 is 29.9 Å². The molecule has 0 aromatic carbocycles. The molecule has 9 heteroatoms. The van der Waals surface area contributed by atoms with Crippen LogP contribution in [0.15, 0.2) is 11.6 Å². The van der Waals surface area contributed by atoms with E-state index >= 15 is 0 Å². The molecular weight excluding hydrogens is 516 g/mol. The summed E-state index contributed by atoms with van der Waals surface area (Å²) < 4.78 is 11.2. The van der Waals surface area contributed by atoms with Crippen molar-refractivity contribution < 1.29 is 44.3 Å². The fourth-order valence-electron chi connectivity index (χ4n) is 9.74. The van der Waals surface area contributed by atoms with Crippen LogP contribution in [0, 0.1) is 40.4 Å². The molecule has 0 aromatic rings. The molecule has 0 bridgehead atoms. The van der Waals surface area contributed by atoms with Gasteiger partial charge in [0.2, 0.25) is 0 Å². The highest BCUT2D eigenvalue weighted by Gasteiger charge is 2.69. The number of aliphatic hydroxyl groups is 4. The van der Waals surface area contributed by atoms with E-state index in [1.54, 1.807) is 19.9 Å². The van der Waals surface area contributed by atoms with Crippen LogP contribution in [0.25, 0.3) is 0 Å². The van der Waals surface area contributed by atoms with Gasteiger partial charge in [0.15, 0.2) is 5.78 Å². The van der Waals surface area contributed by atoms with Crippen molar-refractivity contribution in [3.63, 3.8) is 0 Å². The Morgan fingerprint density at radius 2 is 1.82 bits per heavy atom. The van der Waals surface area contributed by atoms with Crippen LogP contribution in [0.5, 0.6) is 0 Å². The lowest BCUT2D eigenvalue weighted by Gasteiger charge is -2.60. The van der Waals surface area contributed by atoms with Gasteiger partial charge in [-0.1, -0.05) is 20.8 Å². The van der Waals surface area contributed by atoms with Crippen LogP contribution in [0.2, 0.25) is 0 Å². The number of rotatable bonds is 5. The van der Waals surface area contributed by atoms with Crippen LogP contribution in [0.1, 0.15) is 86.5 Å². The molecule has 5 aliphatic rings. The van der Waals surface area contributed by atoms with Gasteiger partial charge in [-0.05, 0) is 87.7 Å². The molecule has 224 valence electrons. The first-order valence-electron chi connectivity index (χ1n) is 14.9. The summed E-state index contributed by atoms with van der Waals surface area (Å²) in [5.74, 6) is -2.61. The zero-order valence-electron chi connectivity index (χ0n) is 24.6. The van der Waals surface area contributed by atoms with Crippen LogP contribution in [-0.2, 0) is 23.9 Å². The largest absolute Gasteiger partial charge is 0.462 e. The lowest BCUT2D eigenvalue weighted by atomic mass is 9.45. The topological polar surface area (TPSA) is 151 Å². The second kappa shape index (κ2) is 9.61. The molecule has 1 saturated heterocycles. The van der Waals surface area contributed by atoms with E-state index in [9.17, 15) is 34.8 Å². The summed E-state index contributed by atoms with van der Waals surface area (Å²) in [4.78, 5) is 37.9. The van der Waals surface area contributed by atoms with Gasteiger partial charge >= 0.3 is 11.9 Å². The van der Waals surface area contributed by atoms with Crippen molar-refractivity contribution in [3.05, 3.63) is 11.6 Å². The minimum absolute atomic E-state index is 0.126. The highest BCUT2D eigenvalue weighted by molar-refractivity contribution is 5.95. The molecular formula is C31H46O9. The molecule has 13 unspecified atom stereocenters. The van der Waals surface area contributed by atoms with Gasteiger partial charge in [-0.2, -0.15) is 0 Å². The SMILES string of the molecule is CC(=O)OC(CC1C(C)OC(=O)C1C)C(C)(O)C1CCC2(O)C3=CC(=O)C4CC(O)C(O)CC4(C)C3CCC12C. The van der Waals surface area contributed by atoms with Crippen molar-refractivity contribution in [1.29, 1.82) is 0 Å². The van der Waals surface area contributed by atoms with Gasteiger partial charge in [0.1, 0.15) is 17.8 Å². The lowest BCUT2D eigenvalue weighted by Crippen LogP contribution is -2.63. The van der Waals surface area contributed by atoms with Crippen LogP contribution >= 0.6 is 0 Å². The third-order valence-electron chi connectivity index (χ3n) is 12.2. The summed E-state index contributed by atoms with van der Waals surface area (Å²) in [5.41, 5.74) is -3.61. The molecule has 1 heterocycles. The Balaban J connectivity index is 1.48. The van der Waals surface area contributed by atoms with Crippen molar-refractivity contribution in [2.24, 2.45) is 40.4 Å². The van der Waals surface area contributed by atoms with E-state index in [4.69, 9.17) is 9.47 Å². The Hall–Kier alpha value is -1.81. The van der Waals surface area contributed by atoms with E-state index in [-0.39, 0.29) is 49.0 Å². The monoisotopic (exact) mass is 562 g/mol. The zero-order chi connectivity index (χ0) is 29.6. The van der Waals surface area contributed by atoms with Crippen molar-refractivity contribution in [1.82, 2.24) is 0 Å². The van der Waals surface area contributed by atoms with Gasteiger partial charge in [0.25, 0.3) is 0 Å². The van der Waals surface area contributed by atoms with E-state index in [1.165, 1.54) is 6.92 Å². The number of hydrogen-bond acceptors (Lipinski definition) is 9. The average molecular weight is 563 g/mol. The number of hydrogen-bond donors (Lipinski definition) is 4. The Kier molecular flexibility index (Phi) is 7.13. The summed E-state index contributed by atoms with van der Waals surface area (Å²) in [6.45, 7) is 10.5. The maximum Gasteiger partial charge on any atom is 0.309 e. The number of carbonyl (C=O) groups excluding carboxylic acids is 3. The normalized spacial score (nSPS) is 48.7. The van der Waals surface area contributed by atoms with Gasteiger partial charge in [-0.25, -0.2) is 0 Å². The number of fused-ring (bicyclic) bond motifs is 5. The summed E-state index contributed by atoms with van der Waals surface area (Å²) in [5, 5.41) is 45.6. The highest BCUT2D eigenvalue weighted by atomic mass is 16.6. The number of allylic oxidation sites excluding steroid dienone is 1. The summed E-state index contributed by atoms with van der Waals surface area (Å²) >= 11 is 0. The fraction of sp³-hybridized carbons (Fsp3) is 0.839. The molecule has 0 spiro atoms. The van der Waals surface area contributed by atoms with E-state index < -0.39 is 64.1 Å². The number of ether oxygens (including phenoxy) is 2. The number of esters is 2. The highest BCUT2D eigenvalue weighted by Crippen LogP contribution is 2.68. The maximum absolute atomic E-state index is 13.4. The molecule has 3 saturated carbocycles. The van der Waals surface area contributed by atoms with Crippen LogP contribution in [0.3, 0.4) is 0 Å². The van der Waals surface area contributed by atoms with Gasteiger partial charge in [0, 0.05) is 24.2 Å². The predicted molar refractivity (Wildman–Crippen MR) is 143 cm³/mol. The molecule has 9 nitrogen and oxygen atoms in total. The molecule has 4 aliphatic carbocycles. The minimum Gasteiger partial charge on any atom is -0.462 e. The summed E-state index contributed by atoms with van der Waals surface area (Å²) in [7, 11) is 0. The standard InChI is InChI=1S/C31H46O9/c1-15-18(16(2)39-27(15)36)11-26(40-17(3)32)30(6,37)25-8-10-31(38)20-12-22(33)21-13-23(34)24(35)14-28(21,4)19(20)7-9-29(25,31)5/h12,15-16,18-19,21,23-26,34-35,37-38H,7-11,13-14H2,1-6H3. The Morgan fingerprint density at radius 3 is 2.42 bits per heavy atom. The first-order valence-corrected chi connectivity index (χ1v) is 14.9. The number of cyclic esters (lactones) is 1. The second-order valence-corrected chi connectivity index (χ2v) is 14.2. The molecule has 0 amide bonds. The van der Waals surface area contributed by atoms with Gasteiger partial charge in [0.05, 0.1) is 23.7 Å². The number of ketones is 1. The van der Waals surface area contributed by atoms with E-state index in [1.807, 2.05) is 20.8 Å². The number of carbonyl (C=O) groups is 3. The van der Waals surface area contributed by atoms with Crippen molar-refractivity contribution in [2.45, 2.75) is 122 Å². The lowest BCUT2D eigenvalue weighted by molar-refractivity contribution is -0.194. The average Bonchev–Trinajstić information content (AvgIpc) is 3.27. The Labute approximate surface area is 236 Å². The molecule has 4 fully saturated rings. The van der Waals surface area contributed by atoms with E-state index in [0.29, 0.717) is 31.3 Å². The molecule has 4 N–H and O–H groups in total. The summed E-state index contributed by atoms with van der Waals surface area (Å²) in [6, 6.07) is 0. The molecule has 1 aliphatic heterocycles. The first kappa shape index (κ1) is 29.7. The van der Waals surface area contributed by atoms with Gasteiger partial charge in [-0.3, -0.25) is 14.4 Å². The first-order chi connectivity index (χ1) is 18.5. The van der Waals surface area contributed by atoms with E-state index in [2.05, 4.69) is 0 Å². The van der Waals surface area contributed by atoms with Crippen LogP contribution in [0.4, 0.5) is 0 Å². The van der Waals surface area contributed by atoms with Crippen molar-refractivity contribution >= 4 is 17.7 Å². The third kappa shape index (κ3) is 4.13. The second-order valence-electron chi connectivity index (χ2n) is 14.2. The maximum atomic E-state index is 13.4. The quantitative estimate of drug-likeness (QED) is 0.371. The Morgan fingerprint density at radius 1 is 1.15 bits per heavy atom. The van der Waals surface area contributed by atoms with Crippen molar-refractivity contribution in [2.75, 3.05) is 0 Å². The van der Waals surface area contributed by atoms with Crippen LogP contribution in [-0.4, -0.2) is 73.8 Å². The van der Waals surface area contributed by atoms with Gasteiger partial charge in [-0.15, -0.1) is 0 Å². The van der Waals surface area contributed by atoms with Crippen LogP contribution < -0.4 is 0 Å².